The summed E-state index contributed by atoms with van der Waals surface area (Å²) in [5.41, 5.74) is 6.42. The molecule has 112 valence electrons. The number of hydrogen-bond acceptors (Lipinski definition) is 5. The Kier molecular flexibility index (Phi) is 6.15. The highest BCUT2D eigenvalue weighted by molar-refractivity contribution is 5.97. The molecule has 0 aromatic heterocycles. The number of nitrogens with two attached hydrogens (primary N) is 1. The second-order valence-corrected chi connectivity index (χ2v) is 4.96. The van der Waals surface area contributed by atoms with Gasteiger partial charge >= 0.3 is 5.97 Å². The van der Waals surface area contributed by atoms with Crippen LogP contribution in [-0.2, 0) is 4.74 Å². The van der Waals surface area contributed by atoms with Gasteiger partial charge < -0.3 is 19.9 Å². The second kappa shape index (κ2) is 7.62. The van der Waals surface area contributed by atoms with Crippen LogP contribution in [0.1, 0.15) is 37.0 Å². The van der Waals surface area contributed by atoms with E-state index in [1.165, 1.54) is 14.2 Å². The highest BCUT2D eigenvalue weighted by Crippen LogP contribution is 2.31. The molecular formula is C15H23NO4. The molecule has 0 radical (unpaired) electrons. The van der Waals surface area contributed by atoms with E-state index in [1.54, 1.807) is 12.1 Å². The number of rotatable bonds is 7. The van der Waals surface area contributed by atoms with Crippen molar-refractivity contribution in [3.63, 3.8) is 0 Å². The van der Waals surface area contributed by atoms with Crippen molar-refractivity contribution < 1.29 is 19.0 Å². The molecule has 5 nitrogen and oxygen atoms in total. The topological polar surface area (TPSA) is 70.8 Å². The lowest BCUT2D eigenvalue weighted by molar-refractivity contribution is 0.0495. The van der Waals surface area contributed by atoms with Gasteiger partial charge in [-0.25, -0.2) is 4.79 Å². The third-order valence-electron chi connectivity index (χ3n) is 2.95. The van der Waals surface area contributed by atoms with E-state index in [0.717, 1.165) is 12.8 Å². The number of carbonyl (C=O) groups excluding carboxylic acids is 1. The second-order valence-electron chi connectivity index (χ2n) is 4.96. The average Bonchev–Trinajstić information content (AvgIpc) is 2.43. The maximum Gasteiger partial charge on any atom is 0.340 e. The summed E-state index contributed by atoms with van der Waals surface area (Å²) in [5.74, 6) is 1.04. The van der Waals surface area contributed by atoms with E-state index >= 15 is 0 Å². The van der Waals surface area contributed by atoms with E-state index in [1.807, 2.05) is 0 Å². The maximum atomic E-state index is 12.0. The highest BCUT2D eigenvalue weighted by Gasteiger charge is 2.17. The number of ether oxygens (including phenoxy) is 3. The van der Waals surface area contributed by atoms with Gasteiger partial charge in [-0.2, -0.15) is 0 Å². The number of esters is 1. The largest absolute Gasteiger partial charge is 0.497 e. The predicted molar refractivity (Wildman–Crippen MR) is 78.3 cm³/mol. The Bertz CT molecular complexity index is 457. The van der Waals surface area contributed by atoms with Crippen molar-refractivity contribution in [2.45, 2.75) is 26.7 Å². The number of carbonyl (C=O) groups is 1. The van der Waals surface area contributed by atoms with Gasteiger partial charge in [-0.05, 0) is 24.8 Å². The van der Waals surface area contributed by atoms with E-state index < -0.39 is 5.97 Å². The molecule has 0 bridgehead atoms. The molecule has 0 amide bonds. The third kappa shape index (κ3) is 4.33. The molecule has 0 aliphatic heterocycles. The van der Waals surface area contributed by atoms with E-state index in [0.29, 0.717) is 24.0 Å². The first-order valence-electron chi connectivity index (χ1n) is 6.68. The molecule has 0 fully saturated rings. The standard InChI is InChI=1S/C15H23NO4/c1-10(2)6-5-7-20-15(17)12-8-11(18-3)9-13(19-4)14(12)16/h8-10H,5-7,16H2,1-4H3. The first-order valence-corrected chi connectivity index (χ1v) is 6.68. The lowest BCUT2D eigenvalue weighted by atomic mass is 10.1. The normalized spacial score (nSPS) is 10.4. The summed E-state index contributed by atoms with van der Waals surface area (Å²) in [6.45, 7) is 4.65. The molecule has 0 atom stereocenters. The van der Waals surface area contributed by atoms with Crippen molar-refractivity contribution >= 4 is 11.7 Å². The zero-order valence-corrected chi connectivity index (χ0v) is 12.6. The lowest BCUT2D eigenvalue weighted by Crippen LogP contribution is -2.11. The van der Waals surface area contributed by atoms with Gasteiger partial charge in [-0.3, -0.25) is 0 Å². The van der Waals surface area contributed by atoms with Crippen molar-refractivity contribution in [3.05, 3.63) is 17.7 Å². The molecule has 1 rings (SSSR count). The van der Waals surface area contributed by atoms with E-state index in [2.05, 4.69) is 13.8 Å². The van der Waals surface area contributed by atoms with Gasteiger partial charge in [0, 0.05) is 6.07 Å². The molecule has 0 saturated heterocycles. The minimum absolute atomic E-state index is 0.266. The molecule has 2 N–H and O–H groups in total. The van der Waals surface area contributed by atoms with Gasteiger partial charge in [-0.15, -0.1) is 0 Å². The van der Waals surface area contributed by atoms with E-state index in [9.17, 15) is 4.79 Å². The van der Waals surface area contributed by atoms with Crippen LogP contribution in [0.15, 0.2) is 12.1 Å². The first kappa shape index (κ1) is 16.1. The molecular weight excluding hydrogens is 258 g/mol. The molecule has 1 aromatic rings. The number of methoxy groups -OCH3 is 2. The summed E-state index contributed by atoms with van der Waals surface area (Å²) in [6.07, 6.45) is 1.86. The molecule has 0 spiro atoms. The number of hydrogen-bond donors (Lipinski definition) is 1. The number of benzene rings is 1. The van der Waals surface area contributed by atoms with Crippen LogP contribution in [0.4, 0.5) is 5.69 Å². The third-order valence-corrected chi connectivity index (χ3v) is 2.95. The predicted octanol–water partition coefficient (Wildman–Crippen LogP) is 2.88. The molecule has 0 aliphatic rings. The fourth-order valence-corrected chi connectivity index (χ4v) is 1.79. The van der Waals surface area contributed by atoms with E-state index in [4.69, 9.17) is 19.9 Å². The molecule has 5 heteroatoms. The van der Waals surface area contributed by atoms with Gasteiger partial charge in [-0.1, -0.05) is 13.8 Å². The SMILES string of the molecule is COc1cc(OC)c(N)c(C(=O)OCCCC(C)C)c1. The van der Waals surface area contributed by atoms with Crippen LogP contribution in [0, 0.1) is 5.92 Å². The van der Waals surface area contributed by atoms with Crippen LogP contribution in [-0.4, -0.2) is 26.8 Å². The van der Waals surface area contributed by atoms with Crippen LogP contribution in [0.2, 0.25) is 0 Å². The number of nitrogen functional groups attached to an aromatic ring is 1. The Morgan fingerprint density at radius 1 is 1.25 bits per heavy atom. The van der Waals surface area contributed by atoms with Crippen LogP contribution in [0.3, 0.4) is 0 Å². The summed E-state index contributed by atoms with van der Waals surface area (Å²) >= 11 is 0. The maximum absolute atomic E-state index is 12.0. The smallest absolute Gasteiger partial charge is 0.340 e. The lowest BCUT2D eigenvalue weighted by Gasteiger charge is -2.12. The van der Waals surface area contributed by atoms with Crippen molar-refractivity contribution in [2.75, 3.05) is 26.6 Å². The van der Waals surface area contributed by atoms with Crippen molar-refractivity contribution in [1.82, 2.24) is 0 Å². The van der Waals surface area contributed by atoms with Crippen LogP contribution < -0.4 is 15.2 Å². The Balaban J connectivity index is 2.76. The molecule has 1 aromatic carbocycles. The molecule has 20 heavy (non-hydrogen) atoms. The summed E-state index contributed by atoms with van der Waals surface area (Å²) < 4.78 is 15.5. The average molecular weight is 281 g/mol. The summed E-state index contributed by atoms with van der Waals surface area (Å²) in [4.78, 5) is 12.0. The minimum Gasteiger partial charge on any atom is -0.497 e. The quantitative estimate of drug-likeness (QED) is 0.473. The Hall–Kier alpha value is -1.91. The Labute approximate surface area is 120 Å². The van der Waals surface area contributed by atoms with Gasteiger partial charge in [0.15, 0.2) is 0 Å². The van der Waals surface area contributed by atoms with Gasteiger partial charge in [0.05, 0.1) is 32.1 Å². The van der Waals surface area contributed by atoms with Crippen LogP contribution in [0.25, 0.3) is 0 Å². The highest BCUT2D eigenvalue weighted by atomic mass is 16.5. The first-order chi connectivity index (χ1) is 9.49. The Morgan fingerprint density at radius 3 is 2.50 bits per heavy atom. The number of anilines is 1. The van der Waals surface area contributed by atoms with Crippen molar-refractivity contribution in [1.29, 1.82) is 0 Å². The minimum atomic E-state index is -0.455. The van der Waals surface area contributed by atoms with Gasteiger partial charge in [0.1, 0.15) is 11.5 Å². The van der Waals surface area contributed by atoms with Crippen LogP contribution in [0.5, 0.6) is 11.5 Å². The van der Waals surface area contributed by atoms with E-state index in [-0.39, 0.29) is 11.3 Å². The fraction of sp³-hybridized carbons (Fsp3) is 0.533. The van der Waals surface area contributed by atoms with Crippen molar-refractivity contribution in [2.24, 2.45) is 5.92 Å². The van der Waals surface area contributed by atoms with Crippen LogP contribution >= 0.6 is 0 Å². The molecule has 0 heterocycles. The monoisotopic (exact) mass is 281 g/mol. The summed E-state index contributed by atoms with van der Waals surface area (Å²) in [5, 5.41) is 0. The molecule has 0 aliphatic carbocycles. The van der Waals surface area contributed by atoms with Gasteiger partial charge in [0.25, 0.3) is 0 Å². The fourth-order valence-electron chi connectivity index (χ4n) is 1.79. The summed E-state index contributed by atoms with van der Waals surface area (Å²) in [6, 6.07) is 3.19. The zero-order chi connectivity index (χ0) is 15.1. The van der Waals surface area contributed by atoms with Gasteiger partial charge in [0.2, 0.25) is 0 Å². The molecule has 0 unspecified atom stereocenters. The Morgan fingerprint density at radius 2 is 1.95 bits per heavy atom. The van der Waals surface area contributed by atoms with Crippen molar-refractivity contribution in [3.8, 4) is 11.5 Å². The summed E-state index contributed by atoms with van der Waals surface area (Å²) in [7, 11) is 3.01. The zero-order valence-electron chi connectivity index (χ0n) is 12.6. The molecule has 0 saturated carbocycles.